The van der Waals surface area contributed by atoms with Crippen molar-refractivity contribution < 1.29 is 4.79 Å². The first-order valence-corrected chi connectivity index (χ1v) is 10.7. The number of carbonyl (C=O) groups is 1. The average Bonchev–Trinajstić information content (AvgIpc) is 3.42. The number of fused-ring (bicyclic) bond motifs is 3. The van der Waals surface area contributed by atoms with Crippen molar-refractivity contribution in [1.29, 1.82) is 0 Å². The number of piperidine rings is 1. The third-order valence-electron chi connectivity index (χ3n) is 6.26. The van der Waals surface area contributed by atoms with E-state index in [2.05, 4.69) is 37.7 Å². The Bertz CT molecular complexity index is 898. The quantitative estimate of drug-likeness (QED) is 0.794. The van der Waals surface area contributed by atoms with Gasteiger partial charge in [-0.3, -0.25) is 14.3 Å². The maximum absolute atomic E-state index is 12.4. The van der Waals surface area contributed by atoms with Gasteiger partial charge in [0.05, 0.1) is 12.2 Å². The molecule has 6 nitrogen and oxygen atoms in total. The van der Waals surface area contributed by atoms with E-state index >= 15 is 0 Å². The van der Waals surface area contributed by atoms with Gasteiger partial charge in [-0.05, 0) is 62.4 Å². The maximum atomic E-state index is 12.4. The number of hydrogen-bond acceptors (Lipinski definition) is 4. The zero-order valence-electron chi connectivity index (χ0n) is 16.3. The van der Waals surface area contributed by atoms with Crippen molar-refractivity contribution in [3.05, 3.63) is 40.4 Å². The van der Waals surface area contributed by atoms with Gasteiger partial charge in [0.15, 0.2) is 5.82 Å². The van der Waals surface area contributed by atoms with Crippen LogP contribution in [0, 0.1) is 5.92 Å². The van der Waals surface area contributed by atoms with Gasteiger partial charge >= 0.3 is 0 Å². The molecule has 0 bridgehead atoms. The van der Waals surface area contributed by atoms with E-state index in [1.807, 2.05) is 12.1 Å². The third kappa shape index (κ3) is 3.44. The predicted molar refractivity (Wildman–Crippen MR) is 107 cm³/mol. The summed E-state index contributed by atoms with van der Waals surface area (Å²) < 4.78 is 2.24. The molecule has 0 radical (unpaired) electrons. The van der Waals surface area contributed by atoms with Crippen LogP contribution in [0.4, 0.5) is 0 Å². The van der Waals surface area contributed by atoms with Gasteiger partial charge in [0, 0.05) is 37.0 Å². The molecule has 2 fully saturated rings. The summed E-state index contributed by atoms with van der Waals surface area (Å²) >= 11 is 6.26. The molecule has 28 heavy (non-hydrogen) atoms. The zero-order valence-corrected chi connectivity index (χ0v) is 17.0. The van der Waals surface area contributed by atoms with Crippen molar-refractivity contribution in [2.45, 2.75) is 51.1 Å². The van der Waals surface area contributed by atoms with Crippen LogP contribution in [-0.2, 0) is 17.9 Å². The monoisotopic (exact) mass is 399 g/mol. The highest BCUT2D eigenvalue weighted by Gasteiger charge is 2.32. The van der Waals surface area contributed by atoms with E-state index in [9.17, 15) is 4.79 Å². The molecule has 1 aromatic heterocycles. The fourth-order valence-corrected chi connectivity index (χ4v) is 4.73. The van der Waals surface area contributed by atoms with Crippen LogP contribution < -0.4 is 0 Å². The van der Waals surface area contributed by atoms with E-state index in [-0.39, 0.29) is 0 Å². The molecule has 0 unspecified atom stereocenters. The van der Waals surface area contributed by atoms with Gasteiger partial charge in [-0.2, -0.15) is 0 Å². The van der Waals surface area contributed by atoms with Crippen LogP contribution in [-0.4, -0.2) is 50.6 Å². The highest BCUT2D eigenvalue weighted by Crippen LogP contribution is 2.35. The van der Waals surface area contributed by atoms with E-state index in [0.29, 0.717) is 17.7 Å². The Labute approximate surface area is 170 Å². The smallest absolute Gasteiger partial charge is 0.222 e. The van der Waals surface area contributed by atoms with Crippen LogP contribution in [0.2, 0.25) is 5.02 Å². The minimum absolute atomic E-state index is 0.332. The standard InChI is InChI=1S/C21H26ClN5O/c1-25-12-16-11-17(22)4-5-18(16)27-19(13-25)23-24-21(27)15-6-8-26(9-7-15)20(28)10-14-2-3-14/h4-5,11,14-15H,2-3,6-10,12-13H2,1H3. The Morgan fingerprint density at radius 3 is 2.68 bits per heavy atom. The molecule has 3 heterocycles. The lowest BCUT2D eigenvalue weighted by Crippen LogP contribution is -2.38. The number of hydrogen-bond donors (Lipinski definition) is 0. The van der Waals surface area contributed by atoms with Crippen molar-refractivity contribution in [3.63, 3.8) is 0 Å². The molecule has 148 valence electrons. The van der Waals surface area contributed by atoms with E-state index < -0.39 is 0 Å². The first kappa shape index (κ1) is 18.1. The summed E-state index contributed by atoms with van der Waals surface area (Å²) in [5.74, 6) is 3.33. The molecular formula is C21H26ClN5O. The molecule has 1 saturated carbocycles. The lowest BCUT2D eigenvalue weighted by molar-refractivity contribution is -0.132. The molecule has 0 spiro atoms. The summed E-state index contributed by atoms with van der Waals surface area (Å²) in [5.41, 5.74) is 2.34. The molecule has 2 aromatic rings. The fraction of sp³-hybridized carbons (Fsp3) is 0.571. The molecule has 2 aliphatic heterocycles. The minimum atomic E-state index is 0.332. The van der Waals surface area contributed by atoms with E-state index in [1.165, 1.54) is 18.4 Å². The van der Waals surface area contributed by atoms with Gasteiger partial charge in [-0.1, -0.05) is 11.6 Å². The van der Waals surface area contributed by atoms with Crippen LogP contribution in [0.15, 0.2) is 18.2 Å². The average molecular weight is 400 g/mol. The van der Waals surface area contributed by atoms with Gasteiger partial charge in [0.25, 0.3) is 0 Å². The highest BCUT2D eigenvalue weighted by atomic mass is 35.5. The number of amides is 1. The van der Waals surface area contributed by atoms with Crippen molar-refractivity contribution in [1.82, 2.24) is 24.6 Å². The second-order valence-corrected chi connectivity index (χ2v) is 8.99. The van der Waals surface area contributed by atoms with Gasteiger partial charge in [0.2, 0.25) is 5.91 Å². The number of rotatable bonds is 3. The zero-order chi connectivity index (χ0) is 19.3. The first-order chi connectivity index (χ1) is 13.6. The molecular weight excluding hydrogens is 374 g/mol. The van der Waals surface area contributed by atoms with Gasteiger partial charge in [-0.25, -0.2) is 0 Å². The molecule has 1 aromatic carbocycles. The predicted octanol–water partition coefficient (Wildman–Crippen LogP) is 3.37. The largest absolute Gasteiger partial charge is 0.343 e. The van der Waals surface area contributed by atoms with E-state index in [1.54, 1.807) is 0 Å². The van der Waals surface area contributed by atoms with Crippen molar-refractivity contribution in [2.24, 2.45) is 5.92 Å². The molecule has 0 N–H and O–H groups in total. The number of nitrogens with zero attached hydrogens (tertiary/aromatic N) is 5. The molecule has 1 aliphatic carbocycles. The van der Waals surface area contributed by atoms with Gasteiger partial charge in [0.1, 0.15) is 5.82 Å². The lowest BCUT2D eigenvalue weighted by atomic mass is 9.95. The van der Waals surface area contributed by atoms with Crippen LogP contribution >= 0.6 is 11.6 Å². The Balaban J connectivity index is 1.40. The minimum Gasteiger partial charge on any atom is -0.343 e. The summed E-state index contributed by atoms with van der Waals surface area (Å²) in [6.45, 7) is 3.25. The summed E-state index contributed by atoms with van der Waals surface area (Å²) in [6, 6.07) is 6.07. The molecule has 1 amide bonds. The summed E-state index contributed by atoms with van der Waals surface area (Å²) in [4.78, 5) is 16.7. The van der Waals surface area contributed by atoms with E-state index in [0.717, 1.165) is 67.8 Å². The van der Waals surface area contributed by atoms with Crippen molar-refractivity contribution in [2.75, 3.05) is 20.1 Å². The van der Waals surface area contributed by atoms with Crippen LogP contribution in [0.25, 0.3) is 5.69 Å². The van der Waals surface area contributed by atoms with Crippen LogP contribution in [0.1, 0.15) is 55.2 Å². The third-order valence-corrected chi connectivity index (χ3v) is 6.50. The number of halogens is 1. The van der Waals surface area contributed by atoms with Crippen molar-refractivity contribution in [3.8, 4) is 5.69 Å². The first-order valence-electron chi connectivity index (χ1n) is 10.3. The number of carbonyl (C=O) groups excluding carboxylic acids is 1. The van der Waals surface area contributed by atoms with Crippen LogP contribution in [0.3, 0.4) is 0 Å². The van der Waals surface area contributed by atoms with Gasteiger partial charge in [-0.15, -0.1) is 10.2 Å². The lowest BCUT2D eigenvalue weighted by Gasteiger charge is -2.32. The number of aromatic nitrogens is 3. The molecule has 0 atom stereocenters. The SMILES string of the molecule is CN1Cc2cc(Cl)ccc2-n2c(nnc2C2CCN(C(=O)CC3CC3)CC2)C1. The molecule has 1 saturated heterocycles. The molecule has 5 rings (SSSR count). The Kier molecular flexibility index (Phi) is 4.63. The summed E-state index contributed by atoms with van der Waals surface area (Å²) in [7, 11) is 2.10. The Hall–Kier alpha value is -1.92. The maximum Gasteiger partial charge on any atom is 0.222 e. The Morgan fingerprint density at radius 2 is 1.93 bits per heavy atom. The Morgan fingerprint density at radius 1 is 1.14 bits per heavy atom. The van der Waals surface area contributed by atoms with Crippen molar-refractivity contribution >= 4 is 17.5 Å². The number of likely N-dealkylation sites (tertiary alicyclic amines) is 1. The van der Waals surface area contributed by atoms with Gasteiger partial charge < -0.3 is 4.90 Å². The summed E-state index contributed by atoms with van der Waals surface area (Å²) in [5, 5.41) is 9.88. The topological polar surface area (TPSA) is 54.3 Å². The normalized spacial score (nSPS) is 20.6. The highest BCUT2D eigenvalue weighted by molar-refractivity contribution is 6.30. The van der Waals surface area contributed by atoms with E-state index in [4.69, 9.17) is 11.6 Å². The van der Waals surface area contributed by atoms with Crippen LogP contribution in [0.5, 0.6) is 0 Å². The molecule has 7 heteroatoms. The fourth-order valence-electron chi connectivity index (χ4n) is 4.53. The summed E-state index contributed by atoms with van der Waals surface area (Å²) in [6.07, 6.45) is 5.10. The second kappa shape index (κ2) is 7.16. The number of benzene rings is 1. The second-order valence-electron chi connectivity index (χ2n) is 8.56. The molecule has 3 aliphatic rings.